The molecule has 0 bridgehead atoms. The van der Waals surface area contributed by atoms with Crippen LogP contribution in [-0.4, -0.2) is 32.2 Å². The average Bonchev–Trinajstić information content (AvgIpc) is 3.32. The highest BCUT2D eigenvalue weighted by molar-refractivity contribution is 5.87. The van der Waals surface area contributed by atoms with Gasteiger partial charge in [-0.25, -0.2) is 0 Å². The van der Waals surface area contributed by atoms with E-state index in [2.05, 4.69) is 10.2 Å². The summed E-state index contributed by atoms with van der Waals surface area (Å²) < 4.78 is 8.84. The molecule has 5 aromatic rings. The maximum absolute atomic E-state index is 13.6. The Morgan fingerprint density at radius 1 is 0.971 bits per heavy atom. The largest absolute Gasteiger partial charge is 0.496 e. The van der Waals surface area contributed by atoms with Crippen molar-refractivity contribution in [2.45, 2.75) is 18.9 Å². The Labute approximate surface area is 195 Å². The Morgan fingerprint density at radius 2 is 1.65 bits per heavy atom. The van der Waals surface area contributed by atoms with Crippen molar-refractivity contribution < 1.29 is 9.53 Å². The number of benzene rings is 3. The van der Waals surface area contributed by atoms with Crippen molar-refractivity contribution in [3.8, 4) is 17.1 Å². The first kappa shape index (κ1) is 21.4. The van der Waals surface area contributed by atoms with Crippen LogP contribution in [0.15, 0.2) is 83.7 Å². The van der Waals surface area contributed by atoms with E-state index in [0.29, 0.717) is 33.8 Å². The number of primary amides is 1. The zero-order valence-electron chi connectivity index (χ0n) is 18.8. The normalized spacial score (nSPS) is 13.1. The molecule has 0 aliphatic heterocycles. The molecule has 2 N–H and O–H groups in total. The third-order valence-corrected chi connectivity index (χ3v) is 6.28. The summed E-state index contributed by atoms with van der Waals surface area (Å²) in [6.45, 7) is 1.74. The van der Waals surface area contributed by atoms with Gasteiger partial charge in [-0.1, -0.05) is 54.6 Å². The highest BCUT2D eigenvalue weighted by atomic mass is 16.5. The number of para-hydroxylation sites is 2. The lowest BCUT2D eigenvalue weighted by molar-refractivity contribution is -0.123. The van der Waals surface area contributed by atoms with Crippen molar-refractivity contribution in [1.82, 2.24) is 19.2 Å². The number of carbonyl (C=O) groups is 1. The highest BCUT2D eigenvalue weighted by Crippen LogP contribution is 2.31. The Balaban J connectivity index is 1.83. The molecule has 1 unspecified atom stereocenters. The maximum atomic E-state index is 13.6. The lowest BCUT2D eigenvalue weighted by Gasteiger charge is -2.27. The van der Waals surface area contributed by atoms with Crippen LogP contribution in [0.2, 0.25) is 0 Å². The van der Waals surface area contributed by atoms with Gasteiger partial charge in [0.05, 0.1) is 29.0 Å². The van der Waals surface area contributed by atoms with E-state index >= 15 is 0 Å². The fourth-order valence-electron chi connectivity index (χ4n) is 4.34. The summed E-state index contributed by atoms with van der Waals surface area (Å²) in [5.74, 6) is 0.928. The number of rotatable bonds is 6. The molecule has 5 rings (SSSR count). The van der Waals surface area contributed by atoms with E-state index in [-0.39, 0.29) is 12.1 Å². The average molecular weight is 454 g/mol. The summed E-state index contributed by atoms with van der Waals surface area (Å²) >= 11 is 0. The summed E-state index contributed by atoms with van der Waals surface area (Å²) in [7, 11) is 1.59. The van der Waals surface area contributed by atoms with Gasteiger partial charge in [-0.05, 0) is 36.8 Å². The van der Waals surface area contributed by atoms with Crippen LogP contribution < -0.4 is 16.0 Å². The van der Waals surface area contributed by atoms with E-state index in [1.54, 1.807) is 26.2 Å². The van der Waals surface area contributed by atoms with Gasteiger partial charge in [0.25, 0.3) is 5.56 Å². The molecule has 0 fully saturated rings. The van der Waals surface area contributed by atoms with E-state index in [1.165, 1.54) is 4.57 Å². The molecule has 0 aliphatic carbocycles. The predicted octanol–water partition coefficient (Wildman–Crippen LogP) is 3.16. The number of methoxy groups -OCH3 is 1. The van der Waals surface area contributed by atoms with Crippen LogP contribution in [0.5, 0.6) is 5.75 Å². The zero-order valence-corrected chi connectivity index (χ0v) is 18.8. The summed E-state index contributed by atoms with van der Waals surface area (Å²) in [6, 6.07) is 24.0. The molecule has 2 aromatic heterocycles. The second-order valence-electron chi connectivity index (χ2n) is 8.33. The number of ether oxygens (including phenoxy) is 1. The number of carbonyl (C=O) groups excluding carboxylic acids is 1. The molecule has 3 aromatic carbocycles. The Morgan fingerprint density at radius 3 is 2.38 bits per heavy atom. The van der Waals surface area contributed by atoms with Crippen LogP contribution in [0, 0.1) is 0 Å². The molecule has 2 heterocycles. The first-order valence-corrected chi connectivity index (χ1v) is 10.8. The molecular formula is C26H23N5O3. The highest BCUT2D eigenvalue weighted by Gasteiger charge is 2.35. The zero-order chi connectivity index (χ0) is 23.9. The summed E-state index contributed by atoms with van der Waals surface area (Å²) in [5.41, 5.74) is 6.56. The van der Waals surface area contributed by atoms with Crippen LogP contribution in [0.1, 0.15) is 12.5 Å². The molecule has 1 atom stereocenters. The summed E-state index contributed by atoms with van der Waals surface area (Å²) in [5, 5.41) is 9.30. The van der Waals surface area contributed by atoms with Crippen molar-refractivity contribution in [2.24, 2.45) is 5.73 Å². The SMILES string of the molecule is COc1ccccc1-c1nnc2n(CC(C)(C(N)=O)c3ccccc3)c(=O)c3ccccc3n12. The monoisotopic (exact) mass is 453 g/mol. The van der Waals surface area contributed by atoms with Gasteiger partial charge >= 0.3 is 0 Å². The van der Waals surface area contributed by atoms with Gasteiger partial charge in [-0.15, -0.1) is 10.2 Å². The van der Waals surface area contributed by atoms with Crippen LogP contribution in [-0.2, 0) is 16.8 Å². The number of hydrogen-bond donors (Lipinski definition) is 1. The summed E-state index contributed by atoms with van der Waals surface area (Å²) in [6.07, 6.45) is 0. The van der Waals surface area contributed by atoms with Crippen LogP contribution in [0.25, 0.3) is 28.1 Å². The number of nitrogens with zero attached hydrogens (tertiary/aromatic N) is 4. The van der Waals surface area contributed by atoms with E-state index in [9.17, 15) is 9.59 Å². The van der Waals surface area contributed by atoms with Crippen molar-refractivity contribution >= 4 is 22.6 Å². The van der Waals surface area contributed by atoms with Gasteiger partial charge in [-0.2, -0.15) is 0 Å². The van der Waals surface area contributed by atoms with E-state index in [4.69, 9.17) is 10.5 Å². The second kappa shape index (κ2) is 8.15. The lowest BCUT2D eigenvalue weighted by atomic mass is 9.81. The molecule has 1 amide bonds. The molecule has 0 spiro atoms. The topological polar surface area (TPSA) is 105 Å². The lowest BCUT2D eigenvalue weighted by Crippen LogP contribution is -2.44. The van der Waals surface area contributed by atoms with Gasteiger partial charge in [0.15, 0.2) is 5.82 Å². The van der Waals surface area contributed by atoms with Crippen molar-refractivity contribution in [3.05, 3.63) is 94.8 Å². The van der Waals surface area contributed by atoms with Gasteiger partial charge in [-0.3, -0.25) is 18.6 Å². The Kier molecular flexibility index (Phi) is 5.13. The fraction of sp³-hybridized carbons (Fsp3) is 0.154. The Hall–Kier alpha value is -4.46. The van der Waals surface area contributed by atoms with Gasteiger partial charge < -0.3 is 10.5 Å². The van der Waals surface area contributed by atoms with Gasteiger partial charge in [0.1, 0.15) is 5.75 Å². The number of amides is 1. The van der Waals surface area contributed by atoms with Crippen LogP contribution in [0.4, 0.5) is 0 Å². The molecule has 0 saturated carbocycles. The van der Waals surface area contributed by atoms with E-state index < -0.39 is 11.3 Å². The number of hydrogen-bond acceptors (Lipinski definition) is 5. The van der Waals surface area contributed by atoms with Crippen molar-refractivity contribution in [3.63, 3.8) is 0 Å². The molecule has 0 aliphatic rings. The summed E-state index contributed by atoms with van der Waals surface area (Å²) in [4.78, 5) is 26.3. The number of nitrogens with two attached hydrogens (primary N) is 1. The first-order valence-electron chi connectivity index (χ1n) is 10.8. The minimum absolute atomic E-state index is 0.00354. The minimum Gasteiger partial charge on any atom is -0.496 e. The third-order valence-electron chi connectivity index (χ3n) is 6.28. The molecule has 34 heavy (non-hydrogen) atoms. The molecule has 0 radical (unpaired) electrons. The molecule has 170 valence electrons. The Bertz CT molecular complexity index is 1590. The molecular weight excluding hydrogens is 430 g/mol. The van der Waals surface area contributed by atoms with Gasteiger partial charge in [0, 0.05) is 6.54 Å². The maximum Gasteiger partial charge on any atom is 0.262 e. The quantitative estimate of drug-likeness (QED) is 0.425. The first-order chi connectivity index (χ1) is 16.5. The minimum atomic E-state index is -1.15. The van der Waals surface area contributed by atoms with Crippen LogP contribution in [0.3, 0.4) is 0 Å². The molecule has 8 heteroatoms. The van der Waals surface area contributed by atoms with Gasteiger partial charge in [0.2, 0.25) is 11.7 Å². The van der Waals surface area contributed by atoms with Crippen LogP contribution >= 0.6 is 0 Å². The predicted molar refractivity (Wildman–Crippen MR) is 130 cm³/mol. The molecule has 8 nitrogen and oxygen atoms in total. The van der Waals surface area contributed by atoms with E-state index in [0.717, 1.165) is 5.56 Å². The van der Waals surface area contributed by atoms with E-state index in [1.807, 2.05) is 71.1 Å². The third kappa shape index (κ3) is 3.23. The standard InChI is InChI=1S/C26H23N5O3/c1-26(24(27)33,17-10-4-3-5-11-17)16-30-23(32)18-12-6-8-14-20(18)31-22(28-29-25(30)31)19-13-7-9-15-21(19)34-2/h3-15H,16H2,1-2H3,(H2,27,33). The smallest absolute Gasteiger partial charge is 0.262 e. The second-order valence-corrected chi connectivity index (χ2v) is 8.33. The van der Waals surface area contributed by atoms with Crippen molar-refractivity contribution in [1.29, 1.82) is 0 Å². The fourth-order valence-corrected chi connectivity index (χ4v) is 4.34. The van der Waals surface area contributed by atoms with Crippen molar-refractivity contribution in [2.75, 3.05) is 7.11 Å². The number of fused-ring (bicyclic) bond motifs is 3. The molecule has 0 saturated heterocycles. The number of aromatic nitrogens is 4.